The van der Waals surface area contributed by atoms with Gasteiger partial charge in [0.15, 0.2) is 0 Å². The van der Waals surface area contributed by atoms with Gasteiger partial charge in [0, 0.05) is 24.5 Å². The second-order valence-corrected chi connectivity index (χ2v) is 5.55. The first kappa shape index (κ1) is 14.6. The van der Waals surface area contributed by atoms with Crippen molar-refractivity contribution in [1.29, 1.82) is 0 Å². The van der Waals surface area contributed by atoms with E-state index in [0.29, 0.717) is 5.56 Å². The number of nitro benzene ring substituents is 1. The van der Waals surface area contributed by atoms with Crippen LogP contribution in [0.4, 0.5) is 5.69 Å². The zero-order valence-electron chi connectivity index (χ0n) is 10.6. The van der Waals surface area contributed by atoms with E-state index in [1.54, 1.807) is 24.5 Å². The first-order valence-electron chi connectivity index (χ1n) is 5.68. The summed E-state index contributed by atoms with van der Waals surface area (Å²) < 4.78 is 23.8. The molecule has 1 N–H and O–H groups in total. The molecule has 1 heterocycles. The fraction of sp³-hybridized carbons (Fsp3) is 0. The van der Waals surface area contributed by atoms with Crippen molar-refractivity contribution in [2.45, 2.75) is 4.90 Å². The van der Waals surface area contributed by atoms with E-state index in [1.807, 2.05) is 4.83 Å². The molecule has 0 atom stereocenters. The van der Waals surface area contributed by atoms with E-state index in [2.05, 4.69) is 10.1 Å². The van der Waals surface area contributed by atoms with Gasteiger partial charge >= 0.3 is 0 Å². The third-order valence-electron chi connectivity index (χ3n) is 2.45. The van der Waals surface area contributed by atoms with E-state index in [1.165, 1.54) is 6.21 Å². The van der Waals surface area contributed by atoms with Crippen molar-refractivity contribution in [3.05, 3.63) is 64.5 Å². The first-order chi connectivity index (χ1) is 9.99. The van der Waals surface area contributed by atoms with Gasteiger partial charge in [0.1, 0.15) is 0 Å². The lowest BCUT2D eigenvalue weighted by atomic mass is 10.3. The maximum atomic E-state index is 11.9. The van der Waals surface area contributed by atoms with Crippen molar-refractivity contribution in [3.63, 3.8) is 0 Å². The Balaban J connectivity index is 2.11. The normalized spacial score (nSPS) is 11.4. The molecule has 0 saturated heterocycles. The number of hydrazone groups is 1. The summed E-state index contributed by atoms with van der Waals surface area (Å²) in [7, 11) is -3.86. The zero-order valence-corrected chi connectivity index (χ0v) is 11.4. The molecule has 0 amide bonds. The lowest BCUT2D eigenvalue weighted by molar-refractivity contribution is -0.384. The van der Waals surface area contributed by atoms with Crippen LogP contribution in [-0.2, 0) is 10.0 Å². The van der Waals surface area contributed by atoms with Gasteiger partial charge in [-0.3, -0.25) is 15.1 Å². The van der Waals surface area contributed by atoms with Crippen molar-refractivity contribution < 1.29 is 13.3 Å². The molecule has 2 rings (SSSR count). The average Bonchev–Trinajstić information content (AvgIpc) is 2.48. The maximum absolute atomic E-state index is 11.9. The van der Waals surface area contributed by atoms with Crippen LogP contribution in [0, 0.1) is 10.1 Å². The number of nitro groups is 1. The van der Waals surface area contributed by atoms with Crippen LogP contribution < -0.4 is 4.83 Å². The molecule has 1 aromatic heterocycles. The molecule has 108 valence electrons. The largest absolute Gasteiger partial charge is 0.276 e. The minimum atomic E-state index is -3.86. The SMILES string of the molecule is O=[N+]([O-])c1ccc(S(=O)(=O)N/N=C/c2ccncc2)cc1. The van der Waals surface area contributed by atoms with Crippen LogP contribution in [0.15, 0.2) is 58.8 Å². The fourth-order valence-corrected chi connectivity index (χ4v) is 2.21. The molecule has 0 unspecified atom stereocenters. The van der Waals surface area contributed by atoms with Gasteiger partial charge in [0.05, 0.1) is 16.0 Å². The van der Waals surface area contributed by atoms with Gasteiger partial charge in [-0.15, -0.1) is 0 Å². The molecule has 0 spiro atoms. The summed E-state index contributed by atoms with van der Waals surface area (Å²) >= 11 is 0. The van der Waals surface area contributed by atoms with Gasteiger partial charge in [0.2, 0.25) is 0 Å². The number of hydrogen-bond donors (Lipinski definition) is 1. The van der Waals surface area contributed by atoms with Gasteiger partial charge in [-0.1, -0.05) is 0 Å². The number of nitrogens with zero attached hydrogens (tertiary/aromatic N) is 3. The highest BCUT2D eigenvalue weighted by atomic mass is 32.2. The molecule has 0 aliphatic rings. The van der Waals surface area contributed by atoms with Crippen molar-refractivity contribution in [3.8, 4) is 0 Å². The van der Waals surface area contributed by atoms with Crippen molar-refractivity contribution in [2.24, 2.45) is 5.10 Å². The number of nitrogens with one attached hydrogen (secondary N) is 1. The summed E-state index contributed by atoms with van der Waals surface area (Å²) in [5.74, 6) is 0. The fourth-order valence-electron chi connectivity index (χ4n) is 1.42. The van der Waals surface area contributed by atoms with Gasteiger partial charge in [-0.25, -0.2) is 4.83 Å². The van der Waals surface area contributed by atoms with E-state index >= 15 is 0 Å². The molecule has 0 radical (unpaired) electrons. The lowest BCUT2D eigenvalue weighted by Gasteiger charge is -2.02. The monoisotopic (exact) mass is 306 g/mol. The van der Waals surface area contributed by atoms with Crippen LogP contribution in [0.25, 0.3) is 0 Å². The summed E-state index contributed by atoms with van der Waals surface area (Å²) in [5.41, 5.74) is 0.491. The second-order valence-electron chi connectivity index (χ2n) is 3.88. The Morgan fingerprint density at radius 1 is 1.14 bits per heavy atom. The average molecular weight is 306 g/mol. The topological polar surface area (TPSA) is 115 Å². The summed E-state index contributed by atoms with van der Waals surface area (Å²) in [5, 5.41) is 14.1. The Bertz CT molecular complexity index is 758. The zero-order chi connectivity index (χ0) is 15.3. The Morgan fingerprint density at radius 2 is 1.76 bits per heavy atom. The summed E-state index contributed by atoms with van der Waals surface area (Å²) in [6, 6.07) is 7.82. The number of pyridine rings is 1. The van der Waals surface area contributed by atoms with E-state index in [0.717, 1.165) is 24.3 Å². The molecule has 9 heteroatoms. The summed E-state index contributed by atoms with van der Waals surface area (Å²) in [6.45, 7) is 0. The van der Waals surface area contributed by atoms with E-state index < -0.39 is 14.9 Å². The Morgan fingerprint density at radius 3 is 2.33 bits per heavy atom. The summed E-state index contributed by atoms with van der Waals surface area (Å²) in [4.78, 5) is 15.6. The van der Waals surface area contributed by atoms with Crippen molar-refractivity contribution >= 4 is 21.9 Å². The molecule has 0 aliphatic carbocycles. The van der Waals surface area contributed by atoms with Crippen LogP contribution >= 0.6 is 0 Å². The summed E-state index contributed by atoms with van der Waals surface area (Å²) in [6.07, 6.45) is 4.42. The quantitative estimate of drug-likeness (QED) is 0.508. The molecule has 8 nitrogen and oxygen atoms in total. The minimum absolute atomic E-state index is 0.111. The number of non-ortho nitro benzene ring substituents is 1. The number of rotatable bonds is 5. The van der Waals surface area contributed by atoms with Crippen LogP contribution in [0.3, 0.4) is 0 Å². The number of benzene rings is 1. The standard InChI is InChI=1S/C12H10N4O4S/c17-16(18)11-1-3-12(4-2-11)21(19,20)15-14-9-10-5-7-13-8-6-10/h1-9,15H/b14-9+. The van der Waals surface area contributed by atoms with Crippen LogP contribution in [0.5, 0.6) is 0 Å². The number of hydrogen-bond acceptors (Lipinski definition) is 6. The van der Waals surface area contributed by atoms with Crippen LogP contribution in [0.1, 0.15) is 5.56 Å². The Hall–Kier alpha value is -2.81. The molecule has 0 saturated carbocycles. The number of sulfonamides is 1. The van der Waals surface area contributed by atoms with Gasteiger partial charge in [-0.05, 0) is 29.8 Å². The highest BCUT2D eigenvalue weighted by molar-refractivity contribution is 7.89. The molecular weight excluding hydrogens is 296 g/mol. The first-order valence-corrected chi connectivity index (χ1v) is 7.17. The highest BCUT2D eigenvalue weighted by Gasteiger charge is 2.14. The third-order valence-corrected chi connectivity index (χ3v) is 3.69. The molecular formula is C12H10N4O4S. The maximum Gasteiger partial charge on any atom is 0.276 e. The predicted octanol–water partition coefficient (Wildman–Crippen LogP) is 1.30. The molecule has 0 bridgehead atoms. The number of aromatic nitrogens is 1. The lowest BCUT2D eigenvalue weighted by Crippen LogP contribution is -2.18. The van der Waals surface area contributed by atoms with Crippen molar-refractivity contribution in [1.82, 2.24) is 9.82 Å². The highest BCUT2D eigenvalue weighted by Crippen LogP contribution is 2.15. The van der Waals surface area contributed by atoms with E-state index in [4.69, 9.17) is 0 Å². The smallest absolute Gasteiger partial charge is 0.265 e. The van der Waals surface area contributed by atoms with E-state index in [9.17, 15) is 18.5 Å². The molecule has 0 fully saturated rings. The Kier molecular flexibility index (Phi) is 4.24. The third kappa shape index (κ3) is 3.83. The van der Waals surface area contributed by atoms with Crippen molar-refractivity contribution in [2.75, 3.05) is 0 Å². The van der Waals surface area contributed by atoms with E-state index in [-0.39, 0.29) is 10.6 Å². The molecule has 1 aromatic carbocycles. The molecule has 21 heavy (non-hydrogen) atoms. The predicted molar refractivity (Wildman–Crippen MR) is 75.2 cm³/mol. The molecule has 0 aliphatic heterocycles. The Labute approximate surface area is 120 Å². The van der Waals surface area contributed by atoms with Crippen LogP contribution in [-0.4, -0.2) is 24.5 Å². The van der Waals surface area contributed by atoms with Gasteiger partial charge in [0.25, 0.3) is 15.7 Å². The van der Waals surface area contributed by atoms with Gasteiger partial charge < -0.3 is 0 Å². The van der Waals surface area contributed by atoms with Crippen LogP contribution in [0.2, 0.25) is 0 Å². The second kappa shape index (κ2) is 6.09. The minimum Gasteiger partial charge on any atom is -0.265 e. The molecule has 2 aromatic rings. The van der Waals surface area contributed by atoms with Gasteiger partial charge in [-0.2, -0.15) is 13.5 Å².